The number of rotatable bonds is 4. The molecule has 176 valence electrons. The van der Waals surface area contributed by atoms with Gasteiger partial charge in [-0.15, -0.1) is 0 Å². The van der Waals surface area contributed by atoms with E-state index in [0.717, 1.165) is 19.3 Å². The van der Waals surface area contributed by atoms with E-state index < -0.39 is 10.0 Å². The Morgan fingerprint density at radius 2 is 1.75 bits per heavy atom. The van der Waals surface area contributed by atoms with Crippen LogP contribution in [0.5, 0.6) is 0 Å². The fourth-order valence-electron chi connectivity index (χ4n) is 7.60. The molecule has 1 aromatic rings. The van der Waals surface area contributed by atoms with Gasteiger partial charge in [-0.2, -0.15) is 4.31 Å². The fourth-order valence-corrected chi connectivity index (χ4v) is 11.6. The van der Waals surface area contributed by atoms with Crippen molar-refractivity contribution in [1.29, 1.82) is 0 Å². The number of nitrogens with zero attached hydrogens (tertiary/aromatic N) is 2. The number of nitrogens with two attached hydrogens (primary N) is 1. The van der Waals surface area contributed by atoms with Gasteiger partial charge >= 0.3 is 6.03 Å². The van der Waals surface area contributed by atoms with Gasteiger partial charge in [-0.05, 0) is 87.7 Å². The SMILES string of the molecule is Cc1cccc(Cl)c1S(=O)(=O)N1CCC(N(C(N)=O)C23CC4CC(CC(C4)C2)C3)CC1I. The molecule has 4 bridgehead atoms. The van der Waals surface area contributed by atoms with Gasteiger partial charge in [-0.3, -0.25) is 0 Å². The monoisotopic (exact) mass is 591 g/mol. The molecular formula is C23H31ClIN3O3S. The number of carbonyl (C=O) groups is 1. The molecule has 0 radical (unpaired) electrons. The van der Waals surface area contributed by atoms with Crippen LogP contribution in [0, 0.1) is 24.7 Å². The van der Waals surface area contributed by atoms with E-state index in [-0.39, 0.29) is 31.6 Å². The molecule has 6 rings (SSSR count). The zero-order chi connectivity index (χ0) is 22.8. The van der Waals surface area contributed by atoms with Gasteiger partial charge in [0.05, 0.1) is 9.07 Å². The normalized spacial score (nSPS) is 36.9. The average Bonchev–Trinajstić information content (AvgIpc) is 2.66. The van der Waals surface area contributed by atoms with E-state index in [1.54, 1.807) is 29.4 Å². The minimum Gasteiger partial charge on any atom is -0.351 e. The Hall–Kier alpha value is -0.580. The maximum atomic E-state index is 13.5. The van der Waals surface area contributed by atoms with E-state index in [1.807, 2.05) is 4.90 Å². The van der Waals surface area contributed by atoms with Crippen LogP contribution in [-0.2, 0) is 10.0 Å². The van der Waals surface area contributed by atoms with Gasteiger partial charge in [0.15, 0.2) is 0 Å². The summed E-state index contributed by atoms with van der Waals surface area (Å²) in [7, 11) is -3.73. The second kappa shape index (κ2) is 8.27. The molecule has 2 atom stereocenters. The first kappa shape index (κ1) is 23.2. The molecule has 2 amide bonds. The molecule has 4 saturated carbocycles. The Bertz CT molecular complexity index is 978. The molecular weight excluding hydrogens is 561 g/mol. The van der Waals surface area contributed by atoms with E-state index in [4.69, 9.17) is 17.3 Å². The van der Waals surface area contributed by atoms with E-state index >= 15 is 0 Å². The molecule has 6 nitrogen and oxygen atoms in total. The van der Waals surface area contributed by atoms with Crippen molar-refractivity contribution < 1.29 is 13.2 Å². The Morgan fingerprint density at radius 3 is 2.25 bits per heavy atom. The Kier molecular flexibility index (Phi) is 5.99. The lowest BCUT2D eigenvalue weighted by Crippen LogP contribution is -2.66. The molecule has 0 aromatic heterocycles. The van der Waals surface area contributed by atoms with Crippen molar-refractivity contribution >= 4 is 50.2 Å². The highest BCUT2D eigenvalue weighted by atomic mass is 127. The molecule has 32 heavy (non-hydrogen) atoms. The van der Waals surface area contributed by atoms with Crippen molar-refractivity contribution in [2.75, 3.05) is 6.54 Å². The van der Waals surface area contributed by atoms with Crippen molar-refractivity contribution in [2.45, 2.75) is 78.8 Å². The number of amides is 2. The van der Waals surface area contributed by atoms with Crippen LogP contribution >= 0.6 is 34.2 Å². The number of halogens is 2. The van der Waals surface area contributed by atoms with Gasteiger partial charge < -0.3 is 10.6 Å². The van der Waals surface area contributed by atoms with Crippen molar-refractivity contribution in [3.63, 3.8) is 0 Å². The quantitative estimate of drug-likeness (QED) is 0.307. The van der Waals surface area contributed by atoms with Crippen molar-refractivity contribution in [2.24, 2.45) is 23.5 Å². The van der Waals surface area contributed by atoms with Gasteiger partial charge in [0.2, 0.25) is 10.0 Å². The predicted molar refractivity (Wildman–Crippen MR) is 133 cm³/mol. The molecule has 1 aliphatic heterocycles. The summed E-state index contributed by atoms with van der Waals surface area (Å²) in [6.45, 7) is 2.14. The number of carbonyl (C=O) groups excluding carboxylic acids is 1. The second-order valence-corrected chi connectivity index (χ2v) is 14.1. The highest BCUT2D eigenvalue weighted by Crippen LogP contribution is 2.58. The number of aryl methyl sites for hydroxylation is 1. The summed E-state index contributed by atoms with van der Waals surface area (Å²) < 4.78 is 28.3. The van der Waals surface area contributed by atoms with E-state index in [0.29, 0.717) is 42.7 Å². The topological polar surface area (TPSA) is 83.7 Å². The Labute approximate surface area is 209 Å². The molecule has 1 aromatic carbocycles. The molecule has 1 saturated heterocycles. The molecule has 5 fully saturated rings. The molecule has 5 aliphatic rings. The summed E-state index contributed by atoms with van der Waals surface area (Å²) in [6.07, 6.45) is 8.28. The summed E-state index contributed by atoms with van der Waals surface area (Å²) in [5.74, 6) is 2.13. The predicted octanol–water partition coefficient (Wildman–Crippen LogP) is 4.91. The van der Waals surface area contributed by atoms with Crippen molar-refractivity contribution in [1.82, 2.24) is 9.21 Å². The van der Waals surface area contributed by atoms with Crippen molar-refractivity contribution in [3.8, 4) is 0 Å². The Morgan fingerprint density at radius 1 is 1.16 bits per heavy atom. The van der Waals surface area contributed by atoms with E-state index in [1.165, 1.54) is 19.3 Å². The van der Waals surface area contributed by atoms with Crippen LogP contribution in [0.25, 0.3) is 0 Å². The van der Waals surface area contributed by atoms with Crippen molar-refractivity contribution in [3.05, 3.63) is 28.8 Å². The van der Waals surface area contributed by atoms with Crippen LogP contribution < -0.4 is 5.73 Å². The van der Waals surface area contributed by atoms with Gasteiger partial charge in [0.25, 0.3) is 0 Å². The van der Waals surface area contributed by atoms with Gasteiger partial charge in [0.1, 0.15) is 4.90 Å². The summed E-state index contributed by atoms with van der Waals surface area (Å²) in [4.78, 5) is 15.0. The number of primary amides is 1. The Balaban J connectivity index is 1.39. The maximum Gasteiger partial charge on any atom is 0.315 e. The smallest absolute Gasteiger partial charge is 0.315 e. The summed E-state index contributed by atoms with van der Waals surface area (Å²) in [5.41, 5.74) is 6.55. The first-order valence-corrected chi connectivity index (χ1v) is 14.7. The highest BCUT2D eigenvalue weighted by Gasteiger charge is 2.56. The third kappa shape index (κ3) is 3.77. The summed E-state index contributed by atoms with van der Waals surface area (Å²) >= 11 is 8.51. The average molecular weight is 592 g/mol. The largest absolute Gasteiger partial charge is 0.351 e. The maximum absolute atomic E-state index is 13.5. The summed E-state index contributed by atoms with van der Waals surface area (Å²) in [6, 6.07) is 4.80. The van der Waals surface area contributed by atoms with Gasteiger partial charge in [0, 0.05) is 18.1 Å². The first-order valence-electron chi connectivity index (χ1n) is 11.6. The first-order chi connectivity index (χ1) is 15.1. The van der Waals surface area contributed by atoms with E-state index in [2.05, 4.69) is 22.6 Å². The third-order valence-electron chi connectivity index (χ3n) is 8.31. The molecule has 2 N–H and O–H groups in total. The number of hydrogen-bond donors (Lipinski definition) is 1. The lowest BCUT2D eigenvalue weighted by Gasteiger charge is -2.62. The second-order valence-electron chi connectivity index (χ2n) is 10.5. The fraction of sp³-hybridized carbons (Fsp3) is 0.696. The van der Waals surface area contributed by atoms with Gasteiger partial charge in [-0.1, -0.05) is 46.3 Å². The standard InChI is InChI=1S/C23H31ClIN3O3S/c1-14-3-2-4-19(24)21(14)32(30,31)27-6-5-18(10-20(27)25)28(22(26)29)23-11-15-7-16(12-23)9-17(8-15)13-23/h2-4,15-18,20H,5-13H2,1H3,(H2,26,29). The molecule has 2 unspecified atom stereocenters. The lowest BCUT2D eigenvalue weighted by atomic mass is 9.52. The van der Waals surface area contributed by atoms with E-state index in [9.17, 15) is 13.2 Å². The van der Waals surface area contributed by atoms with Crippen LogP contribution in [0.15, 0.2) is 23.1 Å². The number of benzene rings is 1. The number of hydrogen-bond acceptors (Lipinski definition) is 3. The summed E-state index contributed by atoms with van der Waals surface area (Å²) in [5, 5.41) is 0.253. The van der Waals surface area contributed by atoms with Crippen LogP contribution in [0.2, 0.25) is 5.02 Å². The molecule has 9 heteroatoms. The zero-order valence-electron chi connectivity index (χ0n) is 18.3. The van der Waals surface area contributed by atoms with Gasteiger partial charge in [-0.25, -0.2) is 13.2 Å². The minimum atomic E-state index is -3.73. The van der Waals surface area contributed by atoms with Crippen LogP contribution in [0.3, 0.4) is 0 Å². The highest BCUT2D eigenvalue weighted by molar-refractivity contribution is 14.1. The number of alkyl halides is 1. The third-order valence-corrected chi connectivity index (χ3v) is 12.4. The number of sulfonamides is 1. The zero-order valence-corrected chi connectivity index (χ0v) is 22.1. The van der Waals surface area contributed by atoms with Crippen LogP contribution in [0.4, 0.5) is 4.79 Å². The lowest BCUT2D eigenvalue weighted by molar-refractivity contribution is -0.0869. The number of urea groups is 1. The molecule has 1 heterocycles. The van der Waals surface area contributed by atoms with Crippen LogP contribution in [0.1, 0.15) is 56.9 Å². The molecule has 4 aliphatic carbocycles. The number of piperidine rings is 1. The van der Waals surface area contributed by atoms with Crippen LogP contribution in [-0.4, -0.2) is 45.8 Å². The minimum absolute atomic E-state index is 0.0237. The molecule has 0 spiro atoms.